The first-order valence-electron chi connectivity index (χ1n) is 6.70. The zero-order valence-electron chi connectivity index (χ0n) is 12.6. The Balaban J connectivity index is 5.36. The van der Waals surface area contributed by atoms with Gasteiger partial charge in [-0.1, -0.05) is 11.6 Å². The minimum absolute atomic E-state index is 0.141. The lowest BCUT2D eigenvalue weighted by atomic mass is 9.92. The predicted octanol–water partition coefficient (Wildman–Crippen LogP) is 2.02. The van der Waals surface area contributed by atoms with Crippen molar-refractivity contribution in [2.75, 3.05) is 0 Å². The number of hydrogen-bond acceptors (Lipinski definition) is 4. The van der Waals surface area contributed by atoms with Gasteiger partial charge in [-0.25, -0.2) is 0 Å². The molecule has 0 radical (unpaired) electrons. The van der Waals surface area contributed by atoms with Crippen LogP contribution in [0.25, 0.3) is 0 Å². The van der Waals surface area contributed by atoms with Gasteiger partial charge in [0, 0.05) is 18.4 Å². The maximum absolute atomic E-state index is 12.2. The smallest absolute Gasteiger partial charge is 0.307 e. The van der Waals surface area contributed by atoms with E-state index in [0.717, 1.165) is 0 Å². The van der Waals surface area contributed by atoms with Crippen molar-refractivity contribution < 1.29 is 34.5 Å². The Morgan fingerprint density at radius 3 is 1.73 bits per heavy atom. The van der Waals surface area contributed by atoms with Crippen molar-refractivity contribution in [3.05, 3.63) is 22.8 Å². The zero-order valence-corrected chi connectivity index (χ0v) is 12.6. The second-order valence-electron chi connectivity index (χ2n) is 4.85. The Bertz CT molecular complexity index is 526. The Hall–Kier alpha value is -2.44. The van der Waals surface area contributed by atoms with Gasteiger partial charge in [0.15, 0.2) is 5.78 Å². The molecule has 0 amide bonds. The van der Waals surface area contributed by atoms with Gasteiger partial charge in [0.25, 0.3) is 0 Å². The van der Waals surface area contributed by atoms with Crippen molar-refractivity contribution in [2.45, 2.75) is 46.0 Å². The topological polar surface area (TPSA) is 129 Å². The number of hydrogen-bond donors (Lipinski definition) is 3. The van der Waals surface area contributed by atoms with E-state index in [2.05, 4.69) is 0 Å². The second kappa shape index (κ2) is 9.49. The molecule has 0 aromatic rings. The van der Waals surface area contributed by atoms with Crippen LogP contribution in [0.3, 0.4) is 0 Å². The van der Waals surface area contributed by atoms with Crippen molar-refractivity contribution in [2.24, 2.45) is 0 Å². The number of aliphatic carboxylic acids is 3. The minimum atomic E-state index is -1.11. The van der Waals surface area contributed by atoms with E-state index in [1.165, 1.54) is 6.08 Å². The third-order valence-electron chi connectivity index (χ3n) is 2.96. The summed E-state index contributed by atoms with van der Waals surface area (Å²) in [5.41, 5.74) is 1.15. The molecule has 0 aromatic carbocycles. The fraction of sp³-hybridized carbons (Fsp3) is 0.467. The van der Waals surface area contributed by atoms with Crippen LogP contribution in [0.15, 0.2) is 22.8 Å². The van der Waals surface area contributed by atoms with E-state index in [1.54, 1.807) is 13.8 Å². The number of ketones is 1. The van der Waals surface area contributed by atoms with Crippen LogP contribution in [0.4, 0.5) is 0 Å². The van der Waals surface area contributed by atoms with Crippen molar-refractivity contribution in [3.63, 3.8) is 0 Å². The molecule has 0 spiro atoms. The summed E-state index contributed by atoms with van der Waals surface area (Å²) >= 11 is 0. The second-order valence-corrected chi connectivity index (χ2v) is 4.85. The van der Waals surface area contributed by atoms with Crippen LogP contribution in [0.5, 0.6) is 0 Å². The molecule has 22 heavy (non-hydrogen) atoms. The molecule has 0 saturated heterocycles. The molecule has 0 atom stereocenters. The molecule has 122 valence electrons. The van der Waals surface area contributed by atoms with Gasteiger partial charge in [0.05, 0.1) is 12.8 Å². The summed E-state index contributed by atoms with van der Waals surface area (Å²) < 4.78 is 0. The lowest BCUT2D eigenvalue weighted by Crippen LogP contribution is -2.10. The molecule has 7 heteroatoms. The van der Waals surface area contributed by atoms with Gasteiger partial charge in [0.2, 0.25) is 0 Å². The molecule has 0 aromatic heterocycles. The average Bonchev–Trinajstić information content (AvgIpc) is 2.40. The first-order valence-corrected chi connectivity index (χ1v) is 6.70. The SMILES string of the molecule is C/C(CCC(=O)O)=C(C(=O)CCC(=O)O)\C(C)=C\CC(=O)O. The van der Waals surface area contributed by atoms with Crippen LogP contribution in [-0.2, 0) is 19.2 Å². The Morgan fingerprint density at radius 2 is 1.27 bits per heavy atom. The maximum Gasteiger partial charge on any atom is 0.307 e. The van der Waals surface area contributed by atoms with E-state index in [0.29, 0.717) is 11.1 Å². The van der Waals surface area contributed by atoms with Crippen LogP contribution in [-0.4, -0.2) is 39.0 Å². The van der Waals surface area contributed by atoms with E-state index in [4.69, 9.17) is 15.3 Å². The van der Waals surface area contributed by atoms with Crippen LogP contribution < -0.4 is 0 Å². The van der Waals surface area contributed by atoms with Gasteiger partial charge in [-0.3, -0.25) is 19.2 Å². The van der Waals surface area contributed by atoms with Gasteiger partial charge < -0.3 is 15.3 Å². The highest BCUT2D eigenvalue weighted by molar-refractivity contribution is 6.01. The summed E-state index contributed by atoms with van der Waals surface area (Å²) in [5, 5.41) is 26.0. The highest BCUT2D eigenvalue weighted by Gasteiger charge is 2.17. The number of carbonyl (C=O) groups excluding carboxylic acids is 1. The Labute approximate surface area is 127 Å². The molecule has 0 saturated carbocycles. The summed E-state index contributed by atoms with van der Waals surface area (Å²) in [7, 11) is 0. The van der Waals surface area contributed by atoms with Crippen molar-refractivity contribution in [1.29, 1.82) is 0 Å². The fourth-order valence-electron chi connectivity index (χ4n) is 1.90. The van der Waals surface area contributed by atoms with Crippen LogP contribution in [0, 0.1) is 0 Å². The summed E-state index contributed by atoms with van der Waals surface area (Å²) in [6.07, 6.45) is 0.526. The summed E-state index contributed by atoms with van der Waals surface area (Å²) in [6, 6.07) is 0. The molecule has 0 unspecified atom stereocenters. The molecule has 0 aliphatic rings. The van der Waals surface area contributed by atoms with Crippen LogP contribution >= 0.6 is 0 Å². The normalized spacial score (nSPS) is 12.5. The fourth-order valence-corrected chi connectivity index (χ4v) is 1.90. The predicted molar refractivity (Wildman–Crippen MR) is 77.5 cm³/mol. The highest BCUT2D eigenvalue weighted by Crippen LogP contribution is 2.22. The Kier molecular flexibility index (Phi) is 8.44. The molecular formula is C15H20O7. The first-order chi connectivity index (χ1) is 10.1. The van der Waals surface area contributed by atoms with Gasteiger partial charge in [-0.05, 0) is 25.8 Å². The maximum atomic E-state index is 12.2. The van der Waals surface area contributed by atoms with Crippen molar-refractivity contribution >= 4 is 23.7 Å². The largest absolute Gasteiger partial charge is 0.481 e. The minimum Gasteiger partial charge on any atom is -0.481 e. The monoisotopic (exact) mass is 312 g/mol. The molecule has 0 rings (SSSR count). The summed E-state index contributed by atoms with van der Waals surface area (Å²) in [5.74, 6) is -3.60. The molecule has 0 aliphatic carbocycles. The van der Waals surface area contributed by atoms with Gasteiger partial charge in [0.1, 0.15) is 0 Å². The number of Topliss-reactive ketones (excluding diaryl/α,β-unsaturated/α-hetero) is 1. The van der Waals surface area contributed by atoms with Crippen molar-refractivity contribution in [3.8, 4) is 0 Å². The molecule has 0 heterocycles. The number of carboxylic acids is 3. The average molecular weight is 312 g/mol. The number of allylic oxidation sites excluding steroid dienone is 3. The lowest BCUT2D eigenvalue weighted by molar-refractivity contribution is -0.138. The van der Waals surface area contributed by atoms with Crippen LogP contribution in [0.1, 0.15) is 46.0 Å². The van der Waals surface area contributed by atoms with E-state index in [-0.39, 0.29) is 37.7 Å². The number of rotatable bonds is 10. The molecule has 7 nitrogen and oxygen atoms in total. The summed E-state index contributed by atoms with van der Waals surface area (Å²) in [4.78, 5) is 43.9. The molecular weight excluding hydrogens is 292 g/mol. The zero-order chi connectivity index (χ0) is 17.3. The van der Waals surface area contributed by atoms with Gasteiger partial charge in [-0.15, -0.1) is 0 Å². The van der Waals surface area contributed by atoms with Crippen molar-refractivity contribution in [1.82, 2.24) is 0 Å². The van der Waals surface area contributed by atoms with E-state index in [1.807, 2.05) is 0 Å². The van der Waals surface area contributed by atoms with E-state index in [9.17, 15) is 19.2 Å². The summed E-state index contributed by atoms with van der Waals surface area (Å²) in [6.45, 7) is 3.15. The Morgan fingerprint density at radius 1 is 0.773 bits per heavy atom. The molecule has 0 bridgehead atoms. The van der Waals surface area contributed by atoms with Crippen LogP contribution in [0.2, 0.25) is 0 Å². The molecule has 3 N–H and O–H groups in total. The molecule has 0 fully saturated rings. The highest BCUT2D eigenvalue weighted by atomic mass is 16.4. The first kappa shape index (κ1) is 19.6. The quantitative estimate of drug-likeness (QED) is 0.415. The van der Waals surface area contributed by atoms with Gasteiger partial charge >= 0.3 is 17.9 Å². The van der Waals surface area contributed by atoms with E-state index >= 15 is 0 Å². The van der Waals surface area contributed by atoms with Gasteiger partial charge in [-0.2, -0.15) is 0 Å². The lowest BCUT2D eigenvalue weighted by Gasteiger charge is -2.11. The third-order valence-corrected chi connectivity index (χ3v) is 2.96. The standard InChI is InChI=1S/C15H20O7/c1-9(3-6-12(17)18)15(10(2)4-7-13(19)20)11(16)5-8-14(21)22/h3H,4-8H2,1-2H3,(H,17,18)(H,19,20)(H,21,22)/b9-3+,15-10-. The number of carboxylic acid groups (broad SMARTS) is 3. The third kappa shape index (κ3) is 7.98. The molecule has 0 aliphatic heterocycles. The number of carbonyl (C=O) groups is 4. The van der Waals surface area contributed by atoms with E-state index < -0.39 is 23.7 Å².